The number of aromatic nitrogens is 4. The van der Waals surface area contributed by atoms with Gasteiger partial charge in [-0.3, -0.25) is 5.10 Å². The van der Waals surface area contributed by atoms with Crippen LogP contribution in [0.3, 0.4) is 0 Å². The molecule has 3 aromatic rings. The fourth-order valence-corrected chi connectivity index (χ4v) is 3.54. The van der Waals surface area contributed by atoms with Crippen molar-refractivity contribution in [2.45, 2.75) is 37.6 Å². The Morgan fingerprint density at radius 2 is 1.91 bits per heavy atom. The molecule has 6 nitrogen and oxygen atoms in total. The van der Waals surface area contributed by atoms with E-state index in [0.717, 1.165) is 17.6 Å². The minimum atomic E-state index is 0.260. The lowest BCUT2D eigenvalue weighted by Gasteiger charge is -2.33. The topological polar surface area (TPSA) is 92.5 Å². The number of hydrogen-bond acceptors (Lipinski definition) is 5. The number of benzene rings is 1. The number of aromatic amines is 1. The summed E-state index contributed by atoms with van der Waals surface area (Å²) in [5, 5.41) is 11.4. The molecular weight excluding hydrogens is 288 g/mol. The van der Waals surface area contributed by atoms with Crippen molar-refractivity contribution in [2.75, 3.05) is 11.1 Å². The van der Waals surface area contributed by atoms with Gasteiger partial charge in [-0.25, -0.2) is 0 Å². The summed E-state index contributed by atoms with van der Waals surface area (Å²) in [6, 6.07) is 11.1. The number of hydrogen-bond donors (Lipinski definition) is 3. The van der Waals surface area contributed by atoms with E-state index in [0.29, 0.717) is 17.6 Å². The highest BCUT2D eigenvalue weighted by molar-refractivity contribution is 5.86. The van der Waals surface area contributed by atoms with Gasteiger partial charge >= 0.3 is 0 Å². The molecule has 1 aliphatic rings. The standard InChI is InChI=1S/C17H20N6/c18-17-21-15(13-10-19-23-16(13)22-17)20-14-9-5-4-8-12(14)11-6-2-1-3-7-11/h1-3,6-7,10,12,14H,4-5,8-9H2,(H4,18,19,20,21,22,23)/t12-,14+/m0/s1. The fourth-order valence-electron chi connectivity index (χ4n) is 3.54. The Kier molecular flexibility index (Phi) is 3.57. The van der Waals surface area contributed by atoms with E-state index in [1.165, 1.54) is 24.8 Å². The highest BCUT2D eigenvalue weighted by atomic mass is 15.2. The largest absolute Gasteiger partial charge is 0.368 e. The van der Waals surface area contributed by atoms with Crippen LogP contribution in [0.5, 0.6) is 0 Å². The van der Waals surface area contributed by atoms with Crippen LogP contribution in [0.2, 0.25) is 0 Å². The van der Waals surface area contributed by atoms with Crippen molar-refractivity contribution in [1.29, 1.82) is 0 Å². The molecule has 1 fully saturated rings. The maximum absolute atomic E-state index is 5.82. The minimum absolute atomic E-state index is 0.260. The van der Waals surface area contributed by atoms with Crippen molar-refractivity contribution in [3.63, 3.8) is 0 Å². The first kappa shape index (κ1) is 14.0. The second kappa shape index (κ2) is 5.87. The van der Waals surface area contributed by atoms with Crippen LogP contribution in [0.15, 0.2) is 36.5 Å². The van der Waals surface area contributed by atoms with Crippen molar-refractivity contribution in [3.05, 3.63) is 42.1 Å². The van der Waals surface area contributed by atoms with Crippen LogP contribution in [-0.2, 0) is 0 Å². The predicted octanol–water partition coefficient (Wildman–Crippen LogP) is 3.07. The number of anilines is 2. The molecule has 0 amide bonds. The van der Waals surface area contributed by atoms with Crippen LogP contribution in [-0.4, -0.2) is 26.2 Å². The Morgan fingerprint density at radius 1 is 1.09 bits per heavy atom. The summed E-state index contributed by atoms with van der Waals surface area (Å²) in [4.78, 5) is 8.57. The summed E-state index contributed by atoms with van der Waals surface area (Å²) < 4.78 is 0. The smallest absolute Gasteiger partial charge is 0.224 e. The van der Waals surface area contributed by atoms with E-state index in [2.05, 4.69) is 55.8 Å². The van der Waals surface area contributed by atoms with Crippen LogP contribution < -0.4 is 11.1 Å². The van der Waals surface area contributed by atoms with Crippen molar-refractivity contribution in [3.8, 4) is 0 Å². The maximum atomic E-state index is 5.82. The van der Waals surface area contributed by atoms with Crippen molar-refractivity contribution < 1.29 is 0 Å². The number of rotatable bonds is 3. The Labute approximate surface area is 134 Å². The number of H-pyrrole nitrogens is 1. The molecule has 0 radical (unpaired) electrons. The van der Waals surface area contributed by atoms with E-state index in [1.807, 2.05) is 0 Å². The van der Waals surface area contributed by atoms with E-state index >= 15 is 0 Å². The molecule has 118 valence electrons. The summed E-state index contributed by atoms with van der Waals surface area (Å²) in [6.07, 6.45) is 6.57. The van der Waals surface area contributed by atoms with Crippen LogP contribution in [0.1, 0.15) is 37.2 Å². The van der Waals surface area contributed by atoms with E-state index < -0.39 is 0 Å². The second-order valence-corrected chi connectivity index (χ2v) is 6.12. The van der Waals surface area contributed by atoms with Crippen LogP contribution in [0.25, 0.3) is 11.0 Å². The molecule has 0 unspecified atom stereocenters. The molecule has 4 rings (SSSR count). The molecule has 2 aromatic heterocycles. The second-order valence-electron chi connectivity index (χ2n) is 6.12. The first-order chi connectivity index (χ1) is 11.3. The lowest BCUT2D eigenvalue weighted by atomic mass is 9.80. The van der Waals surface area contributed by atoms with Crippen LogP contribution in [0.4, 0.5) is 11.8 Å². The highest BCUT2D eigenvalue weighted by Gasteiger charge is 2.27. The molecule has 1 saturated carbocycles. The fraction of sp³-hybridized carbons (Fsp3) is 0.353. The molecule has 0 spiro atoms. The minimum Gasteiger partial charge on any atom is -0.368 e. The Morgan fingerprint density at radius 3 is 2.78 bits per heavy atom. The number of fused-ring (bicyclic) bond motifs is 1. The lowest BCUT2D eigenvalue weighted by Crippen LogP contribution is -2.31. The van der Waals surface area contributed by atoms with E-state index in [1.54, 1.807) is 6.20 Å². The average molecular weight is 308 g/mol. The zero-order valence-corrected chi connectivity index (χ0v) is 12.9. The van der Waals surface area contributed by atoms with Gasteiger partial charge in [0.25, 0.3) is 0 Å². The van der Waals surface area contributed by atoms with Gasteiger partial charge in [0.15, 0.2) is 5.65 Å². The summed E-state index contributed by atoms with van der Waals surface area (Å²) in [5.41, 5.74) is 7.88. The van der Waals surface area contributed by atoms with E-state index in [-0.39, 0.29) is 5.95 Å². The number of nitrogen functional groups attached to an aromatic ring is 1. The van der Waals surface area contributed by atoms with Gasteiger partial charge in [-0.15, -0.1) is 0 Å². The van der Waals surface area contributed by atoms with Gasteiger partial charge in [-0.05, 0) is 18.4 Å². The van der Waals surface area contributed by atoms with E-state index in [4.69, 9.17) is 5.73 Å². The molecular formula is C17H20N6. The van der Waals surface area contributed by atoms with Gasteiger partial charge < -0.3 is 11.1 Å². The highest BCUT2D eigenvalue weighted by Crippen LogP contribution is 2.35. The third-order valence-electron chi connectivity index (χ3n) is 4.64. The van der Waals surface area contributed by atoms with Crippen molar-refractivity contribution in [1.82, 2.24) is 20.2 Å². The maximum Gasteiger partial charge on any atom is 0.224 e. The summed E-state index contributed by atoms with van der Waals surface area (Å²) in [7, 11) is 0. The summed E-state index contributed by atoms with van der Waals surface area (Å²) in [6.45, 7) is 0. The van der Waals surface area contributed by atoms with E-state index in [9.17, 15) is 0 Å². The van der Waals surface area contributed by atoms with Gasteiger partial charge in [0.1, 0.15) is 5.82 Å². The molecule has 1 aromatic carbocycles. The third kappa shape index (κ3) is 2.72. The van der Waals surface area contributed by atoms with Crippen molar-refractivity contribution in [2.24, 2.45) is 0 Å². The predicted molar refractivity (Wildman–Crippen MR) is 91.2 cm³/mol. The Bertz CT molecular complexity index is 797. The first-order valence-corrected chi connectivity index (χ1v) is 8.09. The molecule has 1 aliphatic carbocycles. The van der Waals surface area contributed by atoms with Gasteiger partial charge in [0, 0.05) is 12.0 Å². The van der Waals surface area contributed by atoms with Gasteiger partial charge in [-0.1, -0.05) is 43.2 Å². The number of nitrogens with one attached hydrogen (secondary N) is 2. The van der Waals surface area contributed by atoms with Gasteiger partial charge in [0.2, 0.25) is 5.95 Å². The number of nitrogens with two attached hydrogens (primary N) is 1. The average Bonchev–Trinajstić information content (AvgIpc) is 3.04. The Balaban J connectivity index is 1.66. The SMILES string of the molecule is Nc1nc(N[C@@H]2CCCC[C@H]2c2ccccc2)c2cn[nH]c2n1. The molecule has 23 heavy (non-hydrogen) atoms. The van der Waals surface area contributed by atoms with Crippen LogP contribution in [0, 0.1) is 0 Å². The lowest BCUT2D eigenvalue weighted by molar-refractivity contribution is 0.405. The van der Waals surface area contributed by atoms with Gasteiger partial charge in [-0.2, -0.15) is 15.1 Å². The zero-order chi connectivity index (χ0) is 15.6. The molecule has 6 heteroatoms. The molecule has 0 aliphatic heterocycles. The summed E-state index contributed by atoms with van der Waals surface area (Å²) >= 11 is 0. The molecule has 2 atom stereocenters. The molecule has 0 saturated heterocycles. The zero-order valence-electron chi connectivity index (χ0n) is 12.9. The first-order valence-electron chi connectivity index (χ1n) is 8.09. The van der Waals surface area contributed by atoms with Gasteiger partial charge in [0.05, 0.1) is 11.6 Å². The number of nitrogens with zero attached hydrogens (tertiary/aromatic N) is 3. The van der Waals surface area contributed by atoms with Crippen LogP contribution >= 0.6 is 0 Å². The monoisotopic (exact) mass is 308 g/mol. The third-order valence-corrected chi connectivity index (χ3v) is 4.64. The quantitative estimate of drug-likeness (QED) is 0.691. The molecule has 4 N–H and O–H groups in total. The molecule has 2 heterocycles. The normalized spacial score (nSPS) is 21.4. The Hall–Kier alpha value is -2.63. The summed E-state index contributed by atoms with van der Waals surface area (Å²) in [5.74, 6) is 1.52. The molecule has 0 bridgehead atoms. The van der Waals surface area contributed by atoms with Crippen molar-refractivity contribution >= 4 is 22.8 Å².